The summed E-state index contributed by atoms with van der Waals surface area (Å²) >= 11 is 0. The van der Waals surface area contributed by atoms with Crippen LogP contribution in [-0.4, -0.2) is 4.98 Å². The zero-order chi connectivity index (χ0) is 12.7. The number of rotatable bonds is 1. The first kappa shape index (κ1) is 10.7. The van der Waals surface area contributed by atoms with Crippen molar-refractivity contribution in [3.8, 4) is 0 Å². The molecule has 0 aliphatic heterocycles. The van der Waals surface area contributed by atoms with Crippen LogP contribution in [0.3, 0.4) is 0 Å². The first-order chi connectivity index (χ1) is 9.40. The van der Waals surface area contributed by atoms with Crippen molar-refractivity contribution < 1.29 is 0 Å². The molecule has 0 amide bonds. The molecule has 3 aromatic rings. The summed E-state index contributed by atoms with van der Waals surface area (Å²) in [4.78, 5) is 4.84. The van der Waals surface area contributed by atoms with Crippen molar-refractivity contribution in [2.24, 2.45) is 0 Å². The molecule has 19 heavy (non-hydrogen) atoms. The molecule has 2 aromatic carbocycles. The third kappa shape index (κ3) is 1.82. The second-order valence-corrected chi connectivity index (χ2v) is 5.30. The van der Waals surface area contributed by atoms with Crippen molar-refractivity contribution in [2.45, 2.75) is 18.8 Å². The lowest BCUT2D eigenvalue weighted by atomic mass is 10.0. The van der Waals surface area contributed by atoms with E-state index >= 15 is 0 Å². The first-order valence-electron chi connectivity index (χ1n) is 6.82. The van der Waals surface area contributed by atoms with E-state index in [4.69, 9.17) is 4.98 Å². The lowest BCUT2D eigenvalue weighted by Crippen LogP contribution is -2.01. The maximum Gasteiger partial charge on any atom is 0.0705 e. The van der Waals surface area contributed by atoms with Gasteiger partial charge in [0.2, 0.25) is 0 Å². The number of hydrogen-bond acceptors (Lipinski definition) is 1. The maximum atomic E-state index is 4.84. The largest absolute Gasteiger partial charge is 0.253 e. The summed E-state index contributed by atoms with van der Waals surface area (Å²) in [5.74, 6) is 0.544. The molecule has 0 atom stereocenters. The SMILES string of the molecule is c1ccc2c(c1)CC(c1ccc3ccccc3n1)C2. The minimum atomic E-state index is 0.544. The Kier molecular flexibility index (Phi) is 2.37. The fourth-order valence-electron chi connectivity index (χ4n) is 3.08. The highest BCUT2D eigenvalue weighted by atomic mass is 14.7. The predicted molar refractivity (Wildman–Crippen MR) is 78.3 cm³/mol. The number of benzene rings is 2. The highest BCUT2D eigenvalue weighted by Gasteiger charge is 2.23. The highest BCUT2D eigenvalue weighted by molar-refractivity contribution is 5.78. The van der Waals surface area contributed by atoms with Gasteiger partial charge in [-0.1, -0.05) is 48.5 Å². The molecule has 0 saturated heterocycles. The summed E-state index contributed by atoms with van der Waals surface area (Å²) in [5, 5.41) is 1.22. The molecule has 1 aromatic heterocycles. The zero-order valence-electron chi connectivity index (χ0n) is 10.7. The second-order valence-electron chi connectivity index (χ2n) is 5.30. The van der Waals surface area contributed by atoms with E-state index in [0.29, 0.717) is 5.92 Å². The number of aromatic nitrogens is 1. The van der Waals surface area contributed by atoms with E-state index in [2.05, 4.69) is 60.7 Å². The van der Waals surface area contributed by atoms with E-state index in [1.807, 2.05) is 0 Å². The number of para-hydroxylation sites is 1. The lowest BCUT2D eigenvalue weighted by molar-refractivity contribution is 0.718. The third-order valence-corrected chi connectivity index (χ3v) is 4.09. The molecule has 0 N–H and O–H groups in total. The van der Waals surface area contributed by atoms with Gasteiger partial charge in [-0.25, -0.2) is 0 Å². The molecular weight excluding hydrogens is 230 g/mol. The van der Waals surface area contributed by atoms with E-state index in [1.165, 1.54) is 22.2 Å². The quantitative estimate of drug-likeness (QED) is 0.628. The van der Waals surface area contributed by atoms with Crippen LogP contribution in [-0.2, 0) is 12.8 Å². The minimum Gasteiger partial charge on any atom is -0.253 e. The Morgan fingerprint density at radius 2 is 1.42 bits per heavy atom. The van der Waals surface area contributed by atoms with Crippen molar-refractivity contribution in [2.75, 3.05) is 0 Å². The van der Waals surface area contributed by atoms with Crippen molar-refractivity contribution in [3.63, 3.8) is 0 Å². The monoisotopic (exact) mass is 245 g/mol. The first-order valence-corrected chi connectivity index (χ1v) is 6.82. The van der Waals surface area contributed by atoms with Crippen molar-refractivity contribution in [1.82, 2.24) is 4.98 Å². The molecule has 0 fully saturated rings. The van der Waals surface area contributed by atoms with Gasteiger partial charge in [0.05, 0.1) is 5.52 Å². The van der Waals surface area contributed by atoms with Crippen LogP contribution in [0.15, 0.2) is 60.7 Å². The smallest absolute Gasteiger partial charge is 0.0705 e. The van der Waals surface area contributed by atoms with Gasteiger partial charge in [-0.05, 0) is 36.1 Å². The average molecular weight is 245 g/mol. The molecule has 0 radical (unpaired) electrons. The predicted octanol–water partition coefficient (Wildman–Crippen LogP) is 4.12. The second kappa shape index (κ2) is 4.20. The number of hydrogen-bond donors (Lipinski definition) is 0. The number of fused-ring (bicyclic) bond motifs is 2. The van der Waals surface area contributed by atoms with Crippen LogP contribution in [0.5, 0.6) is 0 Å². The summed E-state index contributed by atoms with van der Waals surface area (Å²) in [7, 11) is 0. The van der Waals surface area contributed by atoms with Gasteiger partial charge in [-0.2, -0.15) is 0 Å². The topological polar surface area (TPSA) is 12.9 Å². The molecule has 1 nitrogen and oxygen atoms in total. The van der Waals surface area contributed by atoms with Gasteiger partial charge in [-0.15, -0.1) is 0 Å². The van der Waals surface area contributed by atoms with Gasteiger partial charge < -0.3 is 0 Å². The highest BCUT2D eigenvalue weighted by Crippen LogP contribution is 2.33. The van der Waals surface area contributed by atoms with E-state index in [-0.39, 0.29) is 0 Å². The van der Waals surface area contributed by atoms with Gasteiger partial charge in [0.15, 0.2) is 0 Å². The Labute approximate surface area is 112 Å². The van der Waals surface area contributed by atoms with E-state index in [0.717, 1.165) is 18.4 Å². The average Bonchev–Trinajstić information content (AvgIpc) is 2.90. The molecule has 4 rings (SSSR count). The van der Waals surface area contributed by atoms with Gasteiger partial charge in [0.1, 0.15) is 0 Å². The number of nitrogens with zero attached hydrogens (tertiary/aromatic N) is 1. The van der Waals surface area contributed by atoms with Crippen molar-refractivity contribution in [1.29, 1.82) is 0 Å². The van der Waals surface area contributed by atoms with Gasteiger partial charge in [0, 0.05) is 17.0 Å². The Morgan fingerprint density at radius 3 is 2.21 bits per heavy atom. The van der Waals surface area contributed by atoms with E-state index in [1.54, 1.807) is 0 Å². The van der Waals surface area contributed by atoms with Gasteiger partial charge >= 0.3 is 0 Å². The molecule has 0 bridgehead atoms. The van der Waals surface area contributed by atoms with Crippen molar-refractivity contribution >= 4 is 10.9 Å². The van der Waals surface area contributed by atoms with Crippen LogP contribution in [0.2, 0.25) is 0 Å². The lowest BCUT2D eigenvalue weighted by Gasteiger charge is -2.09. The Bertz CT molecular complexity index is 720. The van der Waals surface area contributed by atoms with Gasteiger partial charge in [-0.3, -0.25) is 4.98 Å². The minimum absolute atomic E-state index is 0.544. The molecule has 1 aliphatic carbocycles. The van der Waals surface area contributed by atoms with Crippen LogP contribution < -0.4 is 0 Å². The molecule has 1 aliphatic rings. The Morgan fingerprint density at radius 1 is 0.737 bits per heavy atom. The normalized spacial score (nSPS) is 14.7. The standard InChI is InChI=1S/C18H15N/c1-2-7-15-12-16(11-14(15)6-1)18-10-9-13-5-3-4-8-17(13)19-18/h1-10,16H,11-12H2. The molecule has 0 unspecified atom stereocenters. The fourth-order valence-corrected chi connectivity index (χ4v) is 3.08. The van der Waals surface area contributed by atoms with Crippen LogP contribution in [0, 0.1) is 0 Å². The summed E-state index contributed by atoms with van der Waals surface area (Å²) in [6.45, 7) is 0. The van der Waals surface area contributed by atoms with Crippen molar-refractivity contribution in [3.05, 3.63) is 77.5 Å². The van der Waals surface area contributed by atoms with Crippen LogP contribution in [0.25, 0.3) is 10.9 Å². The van der Waals surface area contributed by atoms with E-state index < -0.39 is 0 Å². The molecule has 0 spiro atoms. The van der Waals surface area contributed by atoms with Crippen LogP contribution in [0.4, 0.5) is 0 Å². The molecule has 1 heterocycles. The zero-order valence-corrected chi connectivity index (χ0v) is 10.7. The Balaban J connectivity index is 1.73. The summed E-state index contributed by atoms with van der Waals surface area (Å²) in [5.41, 5.74) is 5.32. The van der Waals surface area contributed by atoms with E-state index in [9.17, 15) is 0 Å². The fraction of sp³-hybridized carbons (Fsp3) is 0.167. The van der Waals surface area contributed by atoms with Gasteiger partial charge in [0.25, 0.3) is 0 Å². The number of pyridine rings is 1. The molecule has 1 heteroatoms. The Hall–Kier alpha value is -2.15. The van der Waals surface area contributed by atoms with Crippen LogP contribution >= 0.6 is 0 Å². The molecule has 92 valence electrons. The summed E-state index contributed by atoms with van der Waals surface area (Å²) in [6.07, 6.45) is 2.25. The summed E-state index contributed by atoms with van der Waals surface area (Å²) in [6, 6.07) is 21.5. The maximum absolute atomic E-state index is 4.84. The van der Waals surface area contributed by atoms with Crippen LogP contribution in [0.1, 0.15) is 22.7 Å². The molecule has 0 saturated carbocycles. The third-order valence-electron chi connectivity index (χ3n) is 4.09. The summed E-state index contributed by atoms with van der Waals surface area (Å²) < 4.78 is 0. The molecular formula is C18H15N.